The summed E-state index contributed by atoms with van der Waals surface area (Å²) < 4.78 is 23.0. The van der Waals surface area contributed by atoms with Gasteiger partial charge in [-0.2, -0.15) is 0 Å². The maximum Gasteiger partial charge on any atom is 0.152 e. The van der Waals surface area contributed by atoms with Crippen molar-refractivity contribution in [1.82, 2.24) is 5.32 Å². The Kier molecular flexibility index (Phi) is 3.92. The zero-order chi connectivity index (χ0) is 13.2. The maximum atomic E-state index is 11.5. The monoisotopic (exact) mass is 268 g/mol. The number of sulfone groups is 1. The minimum Gasteiger partial charge on any atom is -0.371 e. The normalized spacial score (nSPS) is 22.0. The van der Waals surface area contributed by atoms with Crippen molar-refractivity contribution in [3.8, 4) is 0 Å². The molecule has 1 atom stereocenters. The van der Waals surface area contributed by atoms with Gasteiger partial charge in [-0.3, -0.25) is 0 Å². The van der Waals surface area contributed by atoms with E-state index in [0.29, 0.717) is 5.75 Å². The lowest BCUT2D eigenvalue weighted by Gasteiger charge is -2.25. The van der Waals surface area contributed by atoms with Gasteiger partial charge in [-0.25, -0.2) is 8.42 Å². The number of benzene rings is 1. The second-order valence-electron chi connectivity index (χ2n) is 4.86. The van der Waals surface area contributed by atoms with Gasteiger partial charge < -0.3 is 10.2 Å². The molecule has 4 nitrogen and oxygen atoms in total. The van der Waals surface area contributed by atoms with Gasteiger partial charge in [-0.1, -0.05) is 12.1 Å². The van der Waals surface area contributed by atoms with E-state index in [-0.39, 0.29) is 11.8 Å². The molecule has 1 aromatic carbocycles. The molecule has 0 aliphatic carbocycles. The molecule has 1 N–H and O–H groups in total. The van der Waals surface area contributed by atoms with E-state index in [1.807, 2.05) is 14.1 Å². The minimum atomic E-state index is -2.82. The Labute approximate surface area is 109 Å². The summed E-state index contributed by atoms with van der Waals surface area (Å²) in [6.07, 6.45) is 0.733. The fourth-order valence-corrected chi connectivity index (χ4v) is 4.12. The van der Waals surface area contributed by atoms with Crippen molar-refractivity contribution in [3.63, 3.8) is 0 Å². The van der Waals surface area contributed by atoms with Crippen molar-refractivity contribution >= 4 is 15.5 Å². The van der Waals surface area contributed by atoms with Crippen LogP contribution >= 0.6 is 0 Å². The number of nitrogens with zero attached hydrogens (tertiary/aromatic N) is 1. The molecule has 1 saturated heterocycles. The first-order valence-corrected chi connectivity index (χ1v) is 8.01. The third-order valence-corrected chi connectivity index (χ3v) is 5.23. The fourth-order valence-electron chi connectivity index (χ4n) is 2.34. The average molecular weight is 268 g/mol. The first kappa shape index (κ1) is 13.4. The predicted octanol–water partition coefficient (Wildman–Crippen LogP) is 1.03. The Hall–Kier alpha value is -1.07. The van der Waals surface area contributed by atoms with Crippen LogP contribution in [0, 0.1) is 0 Å². The van der Waals surface area contributed by atoms with E-state index < -0.39 is 9.84 Å². The number of nitrogens with one attached hydrogen (secondary N) is 1. The van der Waals surface area contributed by atoms with Crippen LogP contribution in [0.3, 0.4) is 0 Å². The van der Waals surface area contributed by atoms with Crippen molar-refractivity contribution in [3.05, 3.63) is 29.8 Å². The third kappa shape index (κ3) is 3.03. The quantitative estimate of drug-likeness (QED) is 0.886. The molecule has 100 valence electrons. The summed E-state index contributed by atoms with van der Waals surface area (Å²) in [7, 11) is 1.07. The number of anilines is 1. The average Bonchev–Trinajstić information content (AvgIpc) is 2.70. The maximum absolute atomic E-state index is 11.5. The van der Waals surface area contributed by atoms with Crippen LogP contribution in [-0.4, -0.2) is 40.1 Å². The Morgan fingerprint density at radius 1 is 1.33 bits per heavy atom. The van der Waals surface area contributed by atoms with Gasteiger partial charge >= 0.3 is 0 Å². The molecule has 1 aromatic rings. The van der Waals surface area contributed by atoms with Gasteiger partial charge in [-0.15, -0.1) is 0 Å². The molecule has 1 heterocycles. The molecule has 5 heteroatoms. The smallest absolute Gasteiger partial charge is 0.152 e. The van der Waals surface area contributed by atoms with Crippen molar-refractivity contribution in [2.45, 2.75) is 19.0 Å². The molecule has 1 aliphatic rings. The van der Waals surface area contributed by atoms with Gasteiger partial charge in [0.1, 0.15) is 0 Å². The molecule has 2 rings (SSSR count). The zero-order valence-electron chi connectivity index (χ0n) is 10.9. The van der Waals surface area contributed by atoms with E-state index in [0.717, 1.165) is 18.7 Å². The lowest BCUT2D eigenvalue weighted by molar-refractivity contribution is 0.601. The van der Waals surface area contributed by atoms with Gasteiger partial charge in [0.05, 0.1) is 11.5 Å². The lowest BCUT2D eigenvalue weighted by atomic mass is 10.1. The minimum absolute atomic E-state index is 0.116. The number of rotatable bonds is 4. The largest absolute Gasteiger partial charge is 0.371 e. The van der Waals surface area contributed by atoms with Crippen molar-refractivity contribution in [1.29, 1.82) is 0 Å². The first-order chi connectivity index (χ1) is 8.52. The van der Waals surface area contributed by atoms with Crippen LogP contribution in [0.4, 0.5) is 5.69 Å². The fraction of sp³-hybridized carbons (Fsp3) is 0.538. The Bertz CT molecular complexity index is 496. The molecular formula is C13H20N2O2S. The second-order valence-corrected chi connectivity index (χ2v) is 7.09. The molecule has 0 spiro atoms. The predicted molar refractivity (Wildman–Crippen MR) is 74.7 cm³/mol. The van der Waals surface area contributed by atoms with Crippen molar-refractivity contribution in [2.75, 3.05) is 30.5 Å². The van der Waals surface area contributed by atoms with Crippen LogP contribution in [-0.2, 0) is 16.4 Å². The van der Waals surface area contributed by atoms with Crippen molar-refractivity contribution < 1.29 is 8.42 Å². The summed E-state index contributed by atoms with van der Waals surface area (Å²) in [5.41, 5.74) is 2.31. The van der Waals surface area contributed by atoms with Crippen LogP contribution in [0.1, 0.15) is 12.0 Å². The van der Waals surface area contributed by atoms with Crippen LogP contribution < -0.4 is 10.2 Å². The summed E-state index contributed by atoms with van der Waals surface area (Å²) >= 11 is 0. The highest BCUT2D eigenvalue weighted by atomic mass is 32.2. The molecule has 1 unspecified atom stereocenters. The summed E-state index contributed by atoms with van der Waals surface area (Å²) in [5.74, 6) is 0.599. The highest BCUT2D eigenvalue weighted by molar-refractivity contribution is 7.91. The van der Waals surface area contributed by atoms with E-state index in [2.05, 4.69) is 34.5 Å². The van der Waals surface area contributed by atoms with Gasteiger partial charge in [-0.05, 0) is 31.2 Å². The Morgan fingerprint density at radius 2 is 2.00 bits per heavy atom. The van der Waals surface area contributed by atoms with Crippen LogP contribution in [0.25, 0.3) is 0 Å². The summed E-state index contributed by atoms with van der Waals surface area (Å²) in [6.45, 7) is 0.849. The molecule has 1 aliphatic heterocycles. The lowest BCUT2D eigenvalue weighted by Crippen LogP contribution is -2.32. The molecule has 0 amide bonds. The van der Waals surface area contributed by atoms with E-state index in [4.69, 9.17) is 0 Å². The summed E-state index contributed by atoms with van der Waals surface area (Å²) in [6, 6.07) is 8.37. The summed E-state index contributed by atoms with van der Waals surface area (Å²) in [5, 5.41) is 3.11. The third-order valence-electron chi connectivity index (χ3n) is 3.48. The molecule has 0 aromatic heterocycles. The standard InChI is InChI=1S/C13H20N2O2S/c1-14-9-11-3-5-12(6-4-11)15(2)13-7-8-18(16,17)10-13/h3-6,13-14H,7-10H2,1-2H3. The summed E-state index contributed by atoms with van der Waals surface area (Å²) in [4.78, 5) is 2.08. The van der Waals surface area contributed by atoms with Crippen molar-refractivity contribution in [2.24, 2.45) is 0 Å². The first-order valence-electron chi connectivity index (χ1n) is 6.18. The molecular weight excluding hydrogens is 248 g/mol. The Balaban J connectivity index is 2.07. The SMILES string of the molecule is CNCc1ccc(N(C)C2CCS(=O)(=O)C2)cc1. The van der Waals surface area contributed by atoms with E-state index >= 15 is 0 Å². The molecule has 1 fully saturated rings. The van der Waals surface area contributed by atoms with Crippen LogP contribution in [0.15, 0.2) is 24.3 Å². The van der Waals surface area contributed by atoms with Gasteiger partial charge in [0.2, 0.25) is 0 Å². The Morgan fingerprint density at radius 3 is 2.50 bits per heavy atom. The van der Waals surface area contributed by atoms with Crippen LogP contribution in [0.2, 0.25) is 0 Å². The second kappa shape index (κ2) is 5.28. The molecule has 0 saturated carbocycles. The molecule has 0 radical (unpaired) electrons. The highest BCUT2D eigenvalue weighted by Gasteiger charge is 2.30. The van der Waals surface area contributed by atoms with E-state index in [9.17, 15) is 8.42 Å². The highest BCUT2D eigenvalue weighted by Crippen LogP contribution is 2.23. The van der Waals surface area contributed by atoms with Gasteiger partial charge in [0, 0.05) is 25.3 Å². The van der Waals surface area contributed by atoms with Gasteiger partial charge in [0.15, 0.2) is 9.84 Å². The molecule has 18 heavy (non-hydrogen) atoms. The zero-order valence-corrected chi connectivity index (χ0v) is 11.7. The van der Waals surface area contributed by atoms with Gasteiger partial charge in [0.25, 0.3) is 0 Å². The number of hydrogen-bond donors (Lipinski definition) is 1. The van der Waals surface area contributed by atoms with Crippen LogP contribution in [0.5, 0.6) is 0 Å². The molecule has 0 bridgehead atoms. The van der Waals surface area contributed by atoms with E-state index in [1.54, 1.807) is 0 Å². The van der Waals surface area contributed by atoms with E-state index in [1.165, 1.54) is 5.56 Å². The number of hydrogen-bond acceptors (Lipinski definition) is 4. The topological polar surface area (TPSA) is 49.4 Å².